The van der Waals surface area contributed by atoms with E-state index < -0.39 is 5.82 Å². The zero-order chi connectivity index (χ0) is 13.3. The quantitative estimate of drug-likeness (QED) is 0.785. The van der Waals surface area contributed by atoms with Crippen molar-refractivity contribution in [2.45, 2.75) is 6.92 Å². The molecule has 2 aromatic rings. The van der Waals surface area contributed by atoms with E-state index in [1.165, 1.54) is 14.0 Å². The molecular weight excluding hydrogens is 278 g/mol. The zero-order valence-corrected chi connectivity index (χ0v) is 11.2. The molecule has 0 bridgehead atoms. The average Bonchev–Trinajstić information content (AvgIpc) is 2.35. The van der Waals surface area contributed by atoms with Crippen LogP contribution >= 0.6 is 23.2 Å². The van der Waals surface area contributed by atoms with Crippen molar-refractivity contribution in [3.05, 3.63) is 39.9 Å². The van der Waals surface area contributed by atoms with E-state index >= 15 is 0 Å². The highest BCUT2D eigenvalue weighted by molar-refractivity contribution is 6.33. The van der Waals surface area contributed by atoms with Crippen molar-refractivity contribution >= 4 is 23.2 Å². The maximum Gasteiger partial charge on any atom is 0.181 e. The highest BCUT2D eigenvalue weighted by Crippen LogP contribution is 2.35. The molecule has 0 aliphatic carbocycles. The molecule has 0 atom stereocenters. The van der Waals surface area contributed by atoms with Crippen molar-refractivity contribution in [2.75, 3.05) is 7.11 Å². The summed E-state index contributed by atoms with van der Waals surface area (Å²) in [6, 6.07) is 5.13. The van der Waals surface area contributed by atoms with E-state index in [1.54, 1.807) is 18.2 Å². The van der Waals surface area contributed by atoms with Crippen molar-refractivity contribution in [3.63, 3.8) is 0 Å². The topological polar surface area (TPSA) is 35.0 Å². The van der Waals surface area contributed by atoms with Crippen LogP contribution in [0.2, 0.25) is 10.2 Å². The summed E-state index contributed by atoms with van der Waals surface area (Å²) >= 11 is 11.8. The number of rotatable bonds is 2. The molecule has 1 aromatic carbocycles. The van der Waals surface area contributed by atoms with Gasteiger partial charge in [0.05, 0.1) is 23.4 Å². The molecule has 18 heavy (non-hydrogen) atoms. The van der Waals surface area contributed by atoms with Crippen molar-refractivity contribution in [2.24, 2.45) is 0 Å². The Labute approximate surface area is 114 Å². The van der Waals surface area contributed by atoms with E-state index in [-0.39, 0.29) is 16.7 Å². The van der Waals surface area contributed by atoms with Crippen LogP contribution < -0.4 is 4.74 Å². The van der Waals surface area contributed by atoms with Gasteiger partial charge in [-0.05, 0) is 19.1 Å². The lowest BCUT2D eigenvalue weighted by Gasteiger charge is -2.10. The van der Waals surface area contributed by atoms with Crippen molar-refractivity contribution in [1.82, 2.24) is 9.97 Å². The van der Waals surface area contributed by atoms with Gasteiger partial charge < -0.3 is 4.74 Å². The van der Waals surface area contributed by atoms with E-state index in [9.17, 15) is 4.39 Å². The Bertz CT molecular complexity index is 582. The predicted octanol–water partition coefficient (Wildman–Crippen LogP) is 3.91. The molecule has 0 amide bonds. The van der Waals surface area contributed by atoms with Crippen LogP contribution in [0.4, 0.5) is 4.39 Å². The van der Waals surface area contributed by atoms with Crippen LogP contribution in [0, 0.1) is 12.7 Å². The fourth-order valence-corrected chi connectivity index (χ4v) is 1.99. The summed E-state index contributed by atoms with van der Waals surface area (Å²) in [6.45, 7) is 1.51. The maximum absolute atomic E-state index is 13.4. The molecule has 0 unspecified atom stereocenters. The molecule has 94 valence electrons. The lowest BCUT2D eigenvalue weighted by Crippen LogP contribution is -1.99. The number of ether oxygens (including phenoxy) is 1. The molecule has 0 saturated heterocycles. The van der Waals surface area contributed by atoms with Gasteiger partial charge in [-0.25, -0.2) is 14.4 Å². The summed E-state index contributed by atoms with van der Waals surface area (Å²) < 4.78 is 18.6. The molecule has 0 N–H and O–H groups in total. The summed E-state index contributed by atoms with van der Waals surface area (Å²) in [4.78, 5) is 7.93. The summed E-state index contributed by atoms with van der Waals surface area (Å²) in [5.74, 6) is 0.109. The monoisotopic (exact) mass is 286 g/mol. The van der Waals surface area contributed by atoms with Crippen LogP contribution in [0.5, 0.6) is 5.75 Å². The first-order valence-electron chi connectivity index (χ1n) is 5.07. The lowest BCUT2D eigenvalue weighted by atomic mass is 10.2. The first kappa shape index (κ1) is 13.1. The number of nitrogens with zero attached hydrogens (tertiary/aromatic N) is 2. The molecule has 0 spiro atoms. The Balaban J connectivity index is 2.69. The molecule has 3 nitrogen and oxygen atoms in total. The van der Waals surface area contributed by atoms with E-state index in [0.29, 0.717) is 16.3 Å². The fourth-order valence-electron chi connectivity index (χ4n) is 1.53. The maximum atomic E-state index is 13.4. The SMILES string of the molecule is COc1cccc(Cl)c1-c1nc(C)c(F)c(Cl)n1. The standard InChI is InChI=1S/C12H9Cl2FN2O/c1-6-10(15)11(14)17-12(16-6)9-7(13)4-3-5-8(9)18-2/h3-5H,1-2H3. The van der Waals surface area contributed by atoms with Crippen LogP contribution in [-0.2, 0) is 0 Å². The Morgan fingerprint density at radius 2 is 1.94 bits per heavy atom. The predicted molar refractivity (Wildman–Crippen MR) is 68.7 cm³/mol. The minimum atomic E-state index is -0.633. The molecule has 6 heteroatoms. The smallest absolute Gasteiger partial charge is 0.181 e. The first-order chi connectivity index (χ1) is 8.54. The highest BCUT2D eigenvalue weighted by Gasteiger charge is 2.16. The minimum absolute atomic E-state index is 0.159. The minimum Gasteiger partial charge on any atom is -0.496 e. The number of hydrogen-bond acceptors (Lipinski definition) is 3. The number of aryl methyl sites for hydroxylation is 1. The molecule has 0 saturated carbocycles. The van der Waals surface area contributed by atoms with Gasteiger partial charge in [0.2, 0.25) is 0 Å². The van der Waals surface area contributed by atoms with E-state index in [0.717, 1.165) is 0 Å². The van der Waals surface area contributed by atoms with Crippen LogP contribution in [-0.4, -0.2) is 17.1 Å². The van der Waals surface area contributed by atoms with Gasteiger partial charge in [-0.3, -0.25) is 0 Å². The first-order valence-corrected chi connectivity index (χ1v) is 5.82. The van der Waals surface area contributed by atoms with Gasteiger partial charge in [0.1, 0.15) is 5.75 Å². The van der Waals surface area contributed by atoms with Crippen LogP contribution in [0.15, 0.2) is 18.2 Å². The average molecular weight is 287 g/mol. The number of methoxy groups -OCH3 is 1. The fraction of sp³-hybridized carbons (Fsp3) is 0.167. The number of halogens is 3. The molecule has 0 aliphatic rings. The third-order valence-electron chi connectivity index (χ3n) is 2.40. The van der Waals surface area contributed by atoms with Gasteiger partial charge in [-0.15, -0.1) is 0 Å². The molecule has 0 fully saturated rings. The Kier molecular flexibility index (Phi) is 3.68. The lowest BCUT2D eigenvalue weighted by molar-refractivity contribution is 0.416. The molecule has 2 rings (SSSR count). The third-order valence-corrected chi connectivity index (χ3v) is 2.96. The number of benzene rings is 1. The number of hydrogen-bond donors (Lipinski definition) is 0. The molecule has 0 aliphatic heterocycles. The van der Waals surface area contributed by atoms with Crippen LogP contribution in [0.1, 0.15) is 5.69 Å². The second-order valence-electron chi connectivity index (χ2n) is 3.55. The van der Waals surface area contributed by atoms with Gasteiger partial charge in [-0.2, -0.15) is 0 Å². The van der Waals surface area contributed by atoms with Crippen molar-refractivity contribution < 1.29 is 9.13 Å². The van der Waals surface area contributed by atoms with E-state index in [2.05, 4.69) is 9.97 Å². The van der Waals surface area contributed by atoms with Gasteiger partial charge in [0.15, 0.2) is 16.8 Å². The molecular formula is C12H9Cl2FN2O. The van der Waals surface area contributed by atoms with Gasteiger partial charge in [-0.1, -0.05) is 29.3 Å². The summed E-state index contributed by atoms with van der Waals surface area (Å²) in [5, 5.41) is 0.177. The highest BCUT2D eigenvalue weighted by atomic mass is 35.5. The molecule has 1 aromatic heterocycles. The van der Waals surface area contributed by atoms with Gasteiger partial charge >= 0.3 is 0 Å². The van der Waals surface area contributed by atoms with Gasteiger partial charge in [0, 0.05) is 0 Å². The Morgan fingerprint density at radius 3 is 2.56 bits per heavy atom. The molecule has 1 heterocycles. The Morgan fingerprint density at radius 1 is 1.22 bits per heavy atom. The second-order valence-corrected chi connectivity index (χ2v) is 4.32. The van der Waals surface area contributed by atoms with Crippen LogP contribution in [0.3, 0.4) is 0 Å². The normalized spacial score (nSPS) is 10.5. The Hall–Kier alpha value is -1.39. The van der Waals surface area contributed by atoms with E-state index in [4.69, 9.17) is 27.9 Å². The van der Waals surface area contributed by atoms with Crippen molar-refractivity contribution in [3.8, 4) is 17.1 Å². The summed E-state index contributed by atoms with van der Waals surface area (Å²) in [7, 11) is 1.51. The van der Waals surface area contributed by atoms with E-state index in [1.807, 2.05) is 0 Å². The largest absolute Gasteiger partial charge is 0.496 e. The van der Waals surface area contributed by atoms with Crippen molar-refractivity contribution in [1.29, 1.82) is 0 Å². The summed E-state index contributed by atoms with van der Waals surface area (Å²) in [6.07, 6.45) is 0. The van der Waals surface area contributed by atoms with Crippen LogP contribution in [0.25, 0.3) is 11.4 Å². The zero-order valence-electron chi connectivity index (χ0n) is 9.67. The van der Waals surface area contributed by atoms with Gasteiger partial charge in [0.25, 0.3) is 0 Å². The third kappa shape index (κ3) is 2.26. The second kappa shape index (κ2) is 5.08. The number of aromatic nitrogens is 2. The summed E-state index contributed by atoms with van der Waals surface area (Å²) in [5.41, 5.74) is 0.652. The molecule has 0 radical (unpaired) electrons.